The molecular weight excluding hydrogens is 289 g/mol. The molecule has 0 radical (unpaired) electrons. The van der Waals surface area contributed by atoms with Crippen LogP contribution in [0.1, 0.15) is 16.8 Å². The molecular formula is C12H13BrFNO2. The zero-order valence-corrected chi connectivity index (χ0v) is 11.0. The van der Waals surface area contributed by atoms with Crippen LogP contribution in [0, 0.1) is 5.82 Å². The molecule has 1 atom stereocenters. The number of likely N-dealkylation sites (tertiary alicyclic amines) is 1. The fourth-order valence-corrected chi connectivity index (χ4v) is 2.38. The van der Waals surface area contributed by atoms with Crippen LogP contribution in [0.3, 0.4) is 0 Å². The average Bonchev–Trinajstić information content (AvgIpc) is 2.80. The number of halogens is 2. The van der Waals surface area contributed by atoms with E-state index in [1.165, 1.54) is 12.1 Å². The van der Waals surface area contributed by atoms with Crippen molar-refractivity contribution in [1.82, 2.24) is 4.90 Å². The Kier molecular flexibility index (Phi) is 3.79. The monoisotopic (exact) mass is 301 g/mol. The van der Waals surface area contributed by atoms with Crippen molar-refractivity contribution >= 4 is 21.8 Å². The second-order valence-corrected chi connectivity index (χ2v) is 4.79. The van der Waals surface area contributed by atoms with Gasteiger partial charge in [-0.25, -0.2) is 4.39 Å². The smallest absolute Gasteiger partial charge is 0.255 e. The van der Waals surface area contributed by atoms with Gasteiger partial charge in [0.25, 0.3) is 5.91 Å². The first-order valence-electron chi connectivity index (χ1n) is 5.39. The van der Waals surface area contributed by atoms with Gasteiger partial charge in [-0.2, -0.15) is 0 Å². The van der Waals surface area contributed by atoms with Gasteiger partial charge in [0.15, 0.2) is 0 Å². The van der Waals surface area contributed by atoms with E-state index in [-0.39, 0.29) is 16.5 Å². The van der Waals surface area contributed by atoms with Gasteiger partial charge in [0, 0.05) is 20.2 Å². The second-order valence-electron chi connectivity index (χ2n) is 4.00. The standard InChI is InChI=1S/C12H13BrFNO2/c1-17-8-5-6-15(7-8)12(16)9-3-2-4-10(14)11(9)13/h2-4,8H,5-7H2,1H3. The summed E-state index contributed by atoms with van der Waals surface area (Å²) in [6.45, 7) is 1.22. The summed E-state index contributed by atoms with van der Waals surface area (Å²) in [5.41, 5.74) is 0.363. The lowest BCUT2D eigenvalue weighted by Gasteiger charge is -2.17. The van der Waals surface area contributed by atoms with Gasteiger partial charge in [0.2, 0.25) is 0 Å². The summed E-state index contributed by atoms with van der Waals surface area (Å²) in [6, 6.07) is 4.48. The molecule has 0 N–H and O–H groups in total. The molecule has 92 valence electrons. The van der Waals surface area contributed by atoms with Gasteiger partial charge < -0.3 is 9.64 Å². The minimum Gasteiger partial charge on any atom is -0.380 e. The first-order valence-corrected chi connectivity index (χ1v) is 6.19. The fourth-order valence-electron chi connectivity index (χ4n) is 1.94. The predicted molar refractivity (Wildman–Crippen MR) is 65.4 cm³/mol. The molecule has 1 aliphatic heterocycles. The highest BCUT2D eigenvalue weighted by Gasteiger charge is 2.28. The van der Waals surface area contributed by atoms with Crippen molar-refractivity contribution < 1.29 is 13.9 Å². The summed E-state index contributed by atoms with van der Waals surface area (Å²) in [4.78, 5) is 13.8. The quantitative estimate of drug-likeness (QED) is 0.840. The molecule has 0 aromatic heterocycles. The van der Waals surface area contributed by atoms with Crippen molar-refractivity contribution in [1.29, 1.82) is 0 Å². The number of carbonyl (C=O) groups excluding carboxylic acids is 1. The van der Waals surface area contributed by atoms with Crippen LogP contribution in [0.25, 0.3) is 0 Å². The van der Waals surface area contributed by atoms with Crippen LogP contribution >= 0.6 is 15.9 Å². The van der Waals surface area contributed by atoms with Crippen LogP contribution in [0.15, 0.2) is 22.7 Å². The molecule has 2 rings (SSSR count). The minimum atomic E-state index is -0.418. The maximum atomic E-state index is 13.3. The highest BCUT2D eigenvalue weighted by molar-refractivity contribution is 9.10. The molecule has 1 heterocycles. The zero-order chi connectivity index (χ0) is 12.4. The number of rotatable bonds is 2. The maximum Gasteiger partial charge on any atom is 0.255 e. The van der Waals surface area contributed by atoms with Crippen molar-refractivity contribution in [2.75, 3.05) is 20.2 Å². The van der Waals surface area contributed by atoms with E-state index < -0.39 is 5.82 Å². The van der Waals surface area contributed by atoms with Crippen molar-refractivity contribution in [2.24, 2.45) is 0 Å². The maximum absolute atomic E-state index is 13.3. The summed E-state index contributed by atoms with van der Waals surface area (Å²) in [5, 5.41) is 0. The van der Waals surface area contributed by atoms with E-state index in [1.807, 2.05) is 0 Å². The van der Waals surface area contributed by atoms with Crippen LogP contribution in [0.5, 0.6) is 0 Å². The number of hydrogen-bond donors (Lipinski definition) is 0. The van der Waals surface area contributed by atoms with E-state index in [9.17, 15) is 9.18 Å². The van der Waals surface area contributed by atoms with Crippen LogP contribution in [-0.2, 0) is 4.74 Å². The summed E-state index contributed by atoms with van der Waals surface area (Å²) < 4.78 is 18.8. The Hall–Kier alpha value is -0.940. The summed E-state index contributed by atoms with van der Waals surface area (Å²) >= 11 is 3.11. The van der Waals surface area contributed by atoms with E-state index >= 15 is 0 Å². The van der Waals surface area contributed by atoms with Crippen molar-refractivity contribution in [3.63, 3.8) is 0 Å². The Morgan fingerprint density at radius 3 is 3.00 bits per heavy atom. The van der Waals surface area contributed by atoms with E-state index in [0.29, 0.717) is 18.7 Å². The third-order valence-corrected chi connectivity index (χ3v) is 3.75. The largest absolute Gasteiger partial charge is 0.380 e. The molecule has 0 spiro atoms. The molecule has 1 saturated heterocycles. The lowest BCUT2D eigenvalue weighted by Crippen LogP contribution is -2.30. The van der Waals surface area contributed by atoms with Crippen molar-refractivity contribution in [3.05, 3.63) is 34.1 Å². The molecule has 17 heavy (non-hydrogen) atoms. The molecule has 0 bridgehead atoms. The van der Waals surface area contributed by atoms with Gasteiger partial charge >= 0.3 is 0 Å². The van der Waals surface area contributed by atoms with Gasteiger partial charge in [-0.3, -0.25) is 4.79 Å². The van der Waals surface area contributed by atoms with E-state index in [2.05, 4.69) is 15.9 Å². The molecule has 0 aliphatic carbocycles. The van der Waals surface area contributed by atoms with E-state index in [1.54, 1.807) is 18.1 Å². The first kappa shape index (κ1) is 12.5. The molecule has 1 unspecified atom stereocenters. The summed E-state index contributed by atoms with van der Waals surface area (Å²) in [6.07, 6.45) is 0.918. The molecule has 1 aromatic rings. The van der Waals surface area contributed by atoms with Gasteiger partial charge in [-0.05, 0) is 34.5 Å². The Morgan fingerprint density at radius 1 is 1.59 bits per heavy atom. The molecule has 1 fully saturated rings. The average molecular weight is 302 g/mol. The number of methoxy groups -OCH3 is 1. The number of carbonyl (C=O) groups is 1. The van der Waals surface area contributed by atoms with Gasteiger partial charge in [0.1, 0.15) is 5.82 Å². The fraction of sp³-hybridized carbons (Fsp3) is 0.417. The number of hydrogen-bond acceptors (Lipinski definition) is 2. The number of amides is 1. The van der Waals surface area contributed by atoms with Gasteiger partial charge in [0.05, 0.1) is 16.1 Å². The second kappa shape index (κ2) is 5.14. The van der Waals surface area contributed by atoms with E-state index in [0.717, 1.165) is 6.42 Å². The van der Waals surface area contributed by atoms with Crippen molar-refractivity contribution in [2.45, 2.75) is 12.5 Å². The lowest BCUT2D eigenvalue weighted by molar-refractivity contribution is 0.0723. The van der Waals surface area contributed by atoms with Crippen LogP contribution in [0.2, 0.25) is 0 Å². The summed E-state index contributed by atoms with van der Waals surface area (Å²) in [7, 11) is 1.64. The van der Waals surface area contributed by atoms with Gasteiger partial charge in [-0.1, -0.05) is 6.07 Å². The minimum absolute atomic E-state index is 0.0892. The normalized spacial score (nSPS) is 19.7. The van der Waals surface area contributed by atoms with Crippen LogP contribution in [-0.4, -0.2) is 37.1 Å². The molecule has 5 heteroatoms. The third-order valence-electron chi connectivity index (χ3n) is 2.95. The van der Waals surface area contributed by atoms with Crippen LogP contribution < -0.4 is 0 Å². The lowest BCUT2D eigenvalue weighted by atomic mass is 10.2. The number of ether oxygens (including phenoxy) is 1. The Morgan fingerprint density at radius 2 is 2.35 bits per heavy atom. The Labute approximate surface area is 108 Å². The number of benzene rings is 1. The Bertz CT molecular complexity index is 439. The molecule has 1 aromatic carbocycles. The highest BCUT2D eigenvalue weighted by Crippen LogP contribution is 2.23. The topological polar surface area (TPSA) is 29.5 Å². The first-order chi connectivity index (χ1) is 8.13. The molecule has 1 aliphatic rings. The zero-order valence-electron chi connectivity index (χ0n) is 9.45. The number of nitrogens with zero attached hydrogens (tertiary/aromatic N) is 1. The van der Waals surface area contributed by atoms with E-state index in [4.69, 9.17) is 4.74 Å². The molecule has 3 nitrogen and oxygen atoms in total. The van der Waals surface area contributed by atoms with Gasteiger partial charge in [-0.15, -0.1) is 0 Å². The SMILES string of the molecule is COC1CCN(C(=O)c2cccc(F)c2Br)C1. The molecule has 0 saturated carbocycles. The Balaban J connectivity index is 2.18. The summed E-state index contributed by atoms with van der Waals surface area (Å²) in [5.74, 6) is -0.575. The molecule has 1 amide bonds. The third kappa shape index (κ3) is 2.50. The van der Waals surface area contributed by atoms with Crippen molar-refractivity contribution in [3.8, 4) is 0 Å². The predicted octanol–water partition coefficient (Wildman–Crippen LogP) is 2.45. The highest BCUT2D eigenvalue weighted by atomic mass is 79.9. The van der Waals surface area contributed by atoms with Crippen LogP contribution in [0.4, 0.5) is 4.39 Å².